The fourth-order valence-corrected chi connectivity index (χ4v) is 1.55. The Labute approximate surface area is 104 Å². The lowest BCUT2D eigenvalue weighted by Gasteiger charge is -2.12. The van der Waals surface area contributed by atoms with E-state index in [0.29, 0.717) is 5.82 Å². The first-order chi connectivity index (χ1) is 8.58. The highest BCUT2D eigenvalue weighted by molar-refractivity contribution is 5.68. The highest BCUT2D eigenvalue weighted by Crippen LogP contribution is 2.19. The average Bonchev–Trinajstić information content (AvgIpc) is 2.76. The lowest BCUT2D eigenvalue weighted by atomic mass is 10.2. The smallest absolute Gasteiger partial charge is 0.325 e. The minimum atomic E-state index is -0.978. The molecule has 7 heteroatoms. The summed E-state index contributed by atoms with van der Waals surface area (Å²) in [5.74, 6) is -0.531. The van der Waals surface area contributed by atoms with Gasteiger partial charge in [-0.15, -0.1) is 5.10 Å². The molecule has 0 bridgehead atoms. The highest BCUT2D eigenvalue weighted by atomic mass is 16.4. The molecule has 18 heavy (non-hydrogen) atoms. The molecule has 0 aliphatic rings. The number of hydrogen-bond acceptors (Lipinski definition) is 5. The average molecular weight is 247 g/mol. The Kier molecular flexibility index (Phi) is 3.22. The minimum absolute atomic E-state index is 0.252. The van der Waals surface area contributed by atoms with Crippen LogP contribution in [0.5, 0.6) is 0 Å². The first-order valence-electron chi connectivity index (χ1n) is 5.33. The third kappa shape index (κ3) is 2.45. The van der Waals surface area contributed by atoms with Crippen molar-refractivity contribution in [1.82, 2.24) is 20.2 Å². The number of carboxylic acid groups (broad SMARTS) is 1. The van der Waals surface area contributed by atoms with Crippen LogP contribution in [0.1, 0.15) is 0 Å². The third-order valence-electron chi connectivity index (χ3n) is 2.46. The molecule has 0 spiro atoms. The van der Waals surface area contributed by atoms with E-state index in [1.807, 2.05) is 43.3 Å². The zero-order valence-electron chi connectivity index (χ0n) is 10.1. The maximum Gasteiger partial charge on any atom is 0.325 e. The Balaban J connectivity index is 2.31. The largest absolute Gasteiger partial charge is 0.480 e. The summed E-state index contributed by atoms with van der Waals surface area (Å²) in [5, 5.41) is 19.7. The second-order valence-electron chi connectivity index (χ2n) is 4.00. The Morgan fingerprint density at radius 3 is 2.56 bits per heavy atom. The second kappa shape index (κ2) is 4.82. The molecule has 0 saturated carbocycles. The van der Waals surface area contributed by atoms with E-state index in [0.717, 1.165) is 11.3 Å². The van der Waals surface area contributed by atoms with Gasteiger partial charge in [-0.1, -0.05) is 0 Å². The molecular formula is C11H13N5O2. The first kappa shape index (κ1) is 12.0. The molecule has 94 valence electrons. The number of anilines is 1. The summed E-state index contributed by atoms with van der Waals surface area (Å²) < 4.78 is 1.26. The van der Waals surface area contributed by atoms with Crippen LogP contribution in [0.3, 0.4) is 0 Å². The van der Waals surface area contributed by atoms with Crippen LogP contribution in [0.15, 0.2) is 24.3 Å². The molecule has 2 aromatic rings. The zero-order chi connectivity index (χ0) is 13.1. The molecule has 7 nitrogen and oxygen atoms in total. The predicted octanol–water partition coefficient (Wildman–Crippen LogP) is 0.491. The Bertz CT molecular complexity index is 547. The van der Waals surface area contributed by atoms with Crippen molar-refractivity contribution in [2.75, 3.05) is 19.0 Å². The molecule has 0 unspecified atom stereocenters. The van der Waals surface area contributed by atoms with Gasteiger partial charge < -0.3 is 10.0 Å². The summed E-state index contributed by atoms with van der Waals surface area (Å²) in [4.78, 5) is 12.6. The SMILES string of the molecule is CN(C)c1ccc(-c2nnnn2CC(=O)O)cc1. The van der Waals surface area contributed by atoms with Gasteiger partial charge in [0, 0.05) is 25.3 Å². The van der Waals surface area contributed by atoms with Gasteiger partial charge in [-0.3, -0.25) is 4.79 Å². The van der Waals surface area contributed by atoms with Gasteiger partial charge in [-0.05, 0) is 34.7 Å². The summed E-state index contributed by atoms with van der Waals surface area (Å²) in [6, 6.07) is 7.57. The molecule has 1 N–H and O–H groups in total. The van der Waals surface area contributed by atoms with E-state index in [2.05, 4.69) is 15.5 Å². The lowest BCUT2D eigenvalue weighted by Crippen LogP contribution is -2.12. The van der Waals surface area contributed by atoms with E-state index < -0.39 is 5.97 Å². The Hall–Kier alpha value is -2.44. The fraction of sp³-hybridized carbons (Fsp3) is 0.273. The molecule has 0 radical (unpaired) electrons. The lowest BCUT2D eigenvalue weighted by molar-refractivity contribution is -0.137. The number of tetrazole rings is 1. The van der Waals surface area contributed by atoms with Crippen molar-refractivity contribution in [3.63, 3.8) is 0 Å². The van der Waals surface area contributed by atoms with Crippen molar-refractivity contribution in [2.45, 2.75) is 6.54 Å². The zero-order valence-corrected chi connectivity index (χ0v) is 10.1. The summed E-state index contributed by atoms with van der Waals surface area (Å²) >= 11 is 0. The number of nitrogens with zero attached hydrogens (tertiary/aromatic N) is 5. The molecule has 1 heterocycles. The molecule has 0 fully saturated rings. The number of carbonyl (C=O) groups is 1. The van der Waals surface area contributed by atoms with Crippen LogP contribution >= 0.6 is 0 Å². The molecule has 0 amide bonds. The van der Waals surface area contributed by atoms with E-state index in [4.69, 9.17) is 5.11 Å². The van der Waals surface area contributed by atoms with Gasteiger partial charge in [-0.25, -0.2) is 4.68 Å². The molecule has 0 saturated heterocycles. The molecule has 0 aliphatic carbocycles. The van der Waals surface area contributed by atoms with Crippen molar-refractivity contribution in [1.29, 1.82) is 0 Å². The Morgan fingerprint density at radius 2 is 2.00 bits per heavy atom. The van der Waals surface area contributed by atoms with E-state index >= 15 is 0 Å². The van der Waals surface area contributed by atoms with E-state index in [-0.39, 0.29) is 6.54 Å². The first-order valence-corrected chi connectivity index (χ1v) is 5.33. The highest BCUT2D eigenvalue weighted by Gasteiger charge is 2.11. The summed E-state index contributed by atoms with van der Waals surface area (Å²) in [7, 11) is 3.90. The topological polar surface area (TPSA) is 84.1 Å². The molecule has 0 aliphatic heterocycles. The minimum Gasteiger partial charge on any atom is -0.480 e. The normalized spacial score (nSPS) is 10.3. The van der Waals surface area contributed by atoms with Crippen LogP contribution in [-0.2, 0) is 11.3 Å². The quantitative estimate of drug-likeness (QED) is 0.846. The molecule has 2 rings (SSSR count). The van der Waals surface area contributed by atoms with Gasteiger partial charge >= 0.3 is 5.97 Å². The van der Waals surface area contributed by atoms with Crippen LogP contribution < -0.4 is 4.90 Å². The van der Waals surface area contributed by atoms with Crippen LogP contribution in [0.2, 0.25) is 0 Å². The fourth-order valence-electron chi connectivity index (χ4n) is 1.55. The number of hydrogen-bond donors (Lipinski definition) is 1. The monoisotopic (exact) mass is 247 g/mol. The van der Waals surface area contributed by atoms with Crippen LogP contribution in [0.25, 0.3) is 11.4 Å². The number of carboxylic acids is 1. The second-order valence-corrected chi connectivity index (χ2v) is 4.00. The molecule has 1 aromatic heterocycles. The molecule has 1 aromatic carbocycles. The van der Waals surface area contributed by atoms with Gasteiger partial charge in [0.05, 0.1) is 0 Å². The van der Waals surface area contributed by atoms with Crippen molar-refractivity contribution in [3.8, 4) is 11.4 Å². The van der Waals surface area contributed by atoms with Crippen molar-refractivity contribution in [2.24, 2.45) is 0 Å². The summed E-state index contributed by atoms with van der Waals surface area (Å²) in [6.07, 6.45) is 0. The van der Waals surface area contributed by atoms with E-state index in [1.54, 1.807) is 0 Å². The van der Waals surface area contributed by atoms with E-state index in [9.17, 15) is 4.79 Å². The predicted molar refractivity (Wildman–Crippen MR) is 65.2 cm³/mol. The van der Waals surface area contributed by atoms with Gasteiger partial charge in [-0.2, -0.15) is 0 Å². The molecule has 0 atom stereocenters. The number of rotatable bonds is 4. The number of benzene rings is 1. The van der Waals surface area contributed by atoms with Gasteiger partial charge in [0.1, 0.15) is 6.54 Å². The standard InChI is InChI=1S/C11H13N5O2/c1-15(2)9-5-3-8(4-6-9)11-12-13-14-16(11)7-10(17)18/h3-6H,7H2,1-2H3,(H,17,18). The molecular weight excluding hydrogens is 234 g/mol. The maximum atomic E-state index is 10.7. The summed E-state index contributed by atoms with van der Waals surface area (Å²) in [6.45, 7) is -0.252. The number of aliphatic carboxylic acids is 1. The number of aromatic nitrogens is 4. The van der Waals surface area contributed by atoms with Crippen LogP contribution in [0.4, 0.5) is 5.69 Å². The van der Waals surface area contributed by atoms with Crippen molar-refractivity contribution in [3.05, 3.63) is 24.3 Å². The third-order valence-corrected chi connectivity index (χ3v) is 2.46. The Morgan fingerprint density at radius 1 is 1.33 bits per heavy atom. The van der Waals surface area contributed by atoms with Crippen molar-refractivity contribution < 1.29 is 9.90 Å². The summed E-state index contributed by atoms with van der Waals surface area (Å²) in [5.41, 5.74) is 1.84. The van der Waals surface area contributed by atoms with Crippen molar-refractivity contribution >= 4 is 11.7 Å². The van der Waals surface area contributed by atoms with Gasteiger partial charge in [0.2, 0.25) is 0 Å². The van der Waals surface area contributed by atoms with Crippen LogP contribution in [0, 0.1) is 0 Å². The van der Waals surface area contributed by atoms with E-state index in [1.165, 1.54) is 4.68 Å². The maximum absolute atomic E-state index is 10.7. The van der Waals surface area contributed by atoms with Crippen LogP contribution in [-0.4, -0.2) is 45.4 Å². The van der Waals surface area contributed by atoms with Gasteiger partial charge in [0.25, 0.3) is 0 Å². The van der Waals surface area contributed by atoms with Gasteiger partial charge in [0.15, 0.2) is 5.82 Å².